The lowest BCUT2D eigenvalue weighted by atomic mass is 10.2. The third kappa shape index (κ3) is 5.35. The smallest absolute Gasteiger partial charge is 0.139 e. The zero-order chi connectivity index (χ0) is 12.0. The van der Waals surface area contributed by atoms with Crippen LogP contribution in [0.25, 0.3) is 0 Å². The normalized spacial score (nSPS) is 11.5. The van der Waals surface area contributed by atoms with E-state index in [2.05, 4.69) is 11.9 Å². The predicted octanol–water partition coefficient (Wildman–Crippen LogP) is 3.71. The number of alkyl halides is 1. The fourth-order valence-corrected chi connectivity index (χ4v) is 1.81. The van der Waals surface area contributed by atoms with Gasteiger partial charge in [0, 0.05) is 11.1 Å². The molecule has 0 atom stereocenters. The lowest BCUT2D eigenvalue weighted by Crippen LogP contribution is -2.22. The van der Waals surface area contributed by atoms with Gasteiger partial charge in [-0.15, -0.1) is 11.8 Å². The second kappa shape index (κ2) is 6.09. The van der Waals surface area contributed by atoms with Gasteiger partial charge < -0.3 is 4.74 Å². The van der Waals surface area contributed by atoms with Gasteiger partial charge in [-0.05, 0) is 32.1 Å². The van der Waals surface area contributed by atoms with E-state index < -0.39 is 5.67 Å². The monoisotopic (exact) mass is 243 g/mol. The van der Waals surface area contributed by atoms with E-state index in [1.54, 1.807) is 24.2 Å². The van der Waals surface area contributed by atoms with Gasteiger partial charge in [0.25, 0.3) is 0 Å². The molecule has 1 aromatic heterocycles. The molecule has 0 aliphatic carbocycles. The summed E-state index contributed by atoms with van der Waals surface area (Å²) in [5, 5.41) is 0. The lowest BCUT2D eigenvalue weighted by molar-refractivity contribution is 0.120. The van der Waals surface area contributed by atoms with Gasteiger partial charge in [-0.3, -0.25) is 4.98 Å². The van der Waals surface area contributed by atoms with Crippen LogP contribution in [0, 0.1) is 0 Å². The molecule has 4 heteroatoms. The van der Waals surface area contributed by atoms with E-state index in [0.29, 0.717) is 5.75 Å². The number of ether oxygens (including phenoxy) is 1. The first-order valence-corrected chi connectivity index (χ1v) is 6.39. The number of nitrogens with zero attached hydrogens (tertiary/aromatic N) is 1. The summed E-state index contributed by atoms with van der Waals surface area (Å²) in [6.45, 7) is 5.18. The molecule has 0 bridgehead atoms. The fraction of sp³-hybridized carbons (Fsp3) is 0.583. The van der Waals surface area contributed by atoms with Crippen molar-refractivity contribution < 1.29 is 9.13 Å². The summed E-state index contributed by atoms with van der Waals surface area (Å²) in [7, 11) is 0. The minimum Gasteiger partial charge on any atom is -0.489 e. The molecule has 0 saturated carbocycles. The van der Waals surface area contributed by atoms with E-state index in [9.17, 15) is 4.39 Å². The molecular formula is C12H18FNOS. The molecule has 0 radical (unpaired) electrons. The average Bonchev–Trinajstić information content (AvgIpc) is 2.23. The van der Waals surface area contributed by atoms with Crippen LogP contribution in [0.3, 0.4) is 0 Å². The molecule has 0 aliphatic rings. The van der Waals surface area contributed by atoms with Gasteiger partial charge in [-0.2, -0.15) is 0 Å². The van der Waals surface area contributed by atoms with Crippen LogP contribution in [0.15, 0.2) is 23.4 Å². The Morgan fingerprint density at radius 1 is 1.44 bits per heavy atom. The van der Waals surface area contributed by atoms with Gasteiger partial charge in [-0.25, -0.2) is 4.39 Å². The van der Waals surface area contributed by atoms with Gasteiger partial charge in [0.15, 0.2) is 0 Å². The minimum absolute atomic E-state index is 0.0522. The molecule has 0 unspecified atom stereocenters. The van der Waals surface area contributed by atoms with E-state index in [1.165, 1.54) is 13.8 Å². The van der Waals surface area contributed by atoms with E-state index >= 15 is 0 Å². The summed E-state index contributed by atoms with van der Waals surface area (Å²) in [4.78, 5) is 5.14. The summed E-state index contributed by atoms with van der Waals surface area (Å²) in [5.74, 6) is 1.69. The average molecular weight is 243 g/mol. The highest BCUT2D eigenvalue weighted by molar-refractivity contribution is 7.99. The SMILES string of the molecule is CCCSc1cncc(OCC(C)(C)F)c1. The molecular weight excluding hydrogens is 225 g/mol. The van der Waals surface area contributed by atoms with Crippen LogP contribution in [0.2, 0.25) is 0 Å². The van der Waals surface area contributed by atoms with Gasteiger partial charge in [0.2, 0.25) is 0 Å². The quantitative estimate of drug-likeness (QED) is 0.711. The van der Waals surface area contributed by atoms with Crippen molar-refractivity contribution in [3.8, 4) is 5.75 Å². The Hall–Kier alpha value is -0.770. The highest BCUT2D eigenvalue weighted by atomic mass is 32.2. The summed E-state index contributed by atoms with van der Waals surface area (Å²) < 4.78 is 18.6. The summed E-state index contributed by atoms with van der Waals surface area (Å²) in [6.07, 6.45) is 4.53. The Morgan fingerprint density at radius 3 is 2.81 bits per heavy atom. The molecule has 16 heavy (non-hydrogen) atoms. The van der Waals surface area contributed by atoms with Crippen molar-refractivity contribution in [1.29, 1.82) is 0 Å². The van der Waals surface area contributed by atoms with Gasteiger partial charge in [-0.1, -0.05) is 6.92 Å². The largest absolute Gasteiger partial charge is 0.489 e. The van der Waals surface area contributed by atoms with Crippen LogP contribution in [0.1, 0.15) is 27.2 Å². The second-order valence-corrected chi connectivity index (χ2v) is 5.38. The van der Waals surface area contributed by atoms with Crippen LogP contribution in [-0.2, 0) is 0 Å². The number of hydrogen-bond donors (Lipinski definition) is 0. The number of aromatic nitrogens is 1. The molecule has 1 heterocycles. The van der Waals surface area contributed by atoms with Crippen molar-refractivity contribution in [1.82, 2.24) is 4.98 Å². The maximum Gasteiger partial charge on any atom is 0.139 e. The highest BCUT2D eigenvalue weighted by Crippen LogP contribution is 2.23. The Morgan fingerprint density at radius 2 is 2.19 bits per heavy atom. The minimum atomic E-state index is -1.31. The predicted molar refractivity (Wildman–Crippen MR) is 65.9 cm³/mol. The molecule has 0 amide bonds. The Bertz CT molecular complexity index is 325. The number of pyridine rings is 1. The van der Waals surface area contributed by atoms with Gasteiger partial charge >= 0.3 is 0 Å². The Kier molecular flexibility index (Phi) is 5.06. The van der Waals surface area contributed by atoms with Crippen LogP contribution in [0.4, 0.5) is 4.39 Å². The second-order valence-electron chi connectivity index (χ2n) is 4.21. The molecule has 0 N–H and O–H groups in total. The van der Waals surface area contributed by atoms with Gasteiger partial charge in [0.05, 0.1) is 6.20 Å². The van der Waals surface area contributed by atoms with Crippen molar-refractivity contribution in [2.45, 2.75) is 37.8 Å². The van der Waals surface area contributed by atoms with Crippen molar-refractivity contribution in [2.24, 2.45) is 0 Å². The maximum absolute atomic E-state index is 13.2. The van der Waals surface area contributed by atoms with Crippen molar-refractivity contribution in [3.63, 3.8) is 0 Å². The first kappa shape index (κ1) is 13.3. The summed E-state index contributed by atoms with van der Waals surface area (Å²) >= 11 is 1.73. The standard InChI is InChI=1S/C12H18FNOS/c1-4-5-16-11-6-10(7-14-8-11)15-9-12(2,3)13/h6-8H,4-5,9H2,1-3H3. The number of rotatable bonds is 6. The van der Waals surface area contributed by atoms with Crippen LogP contribution in [0.5, 0.6) is 5.75 Å². The number of thioether (sulfide) groups is 1. The molecule has 0 saturated heterocycles. The van der Waals surface area contributed by atoms with Crippen LogP contribution in [-0.4, -0.2) is 23.0 Å². The molecule has 1 rings (SSSR count). The van der Waals surface area contributed by atoms with E-state index in [4.69, 9.17) is 4.74 Å². The number of hydrogen-bond acceptors (Lipinski definition) is 3. The van der Waals surface area contributed by atoms with Crippen LogP contribution >= 0.6 is 11.8 Å². The lowest BCUT2D eigenvalue weighted by Gasteiger charge is -2.15. The van der Waals surface area contributed by atoms with E-state index in [1.807, 2.05) is 6.07 Å². The van der Waals surface area contributed by atoms with Crippen molar-refractivity contribution in [3.05, 3.63) is 18.5 Å². The molecule has 90 valence electrons. The summed E-state index contributed by atoms with van der Waals surface area (Å²) in [6, 6.07) is 1.90. The first-order chi connectivity index (χ1) is 7.51. The zero-order valence-corrected chi connectivity index (χ0v) is 10.8. The molecule has 0 aliphatic heterocycles. The fourth-order valence-electron chi connectivity index (χ4n) is 1.03. The molecule has 0 spiro atoms. The van der Waals surface area contributed by atoms with E-state index in [0.717, 1.165) is 17.1 Å². The zero-order valence-electron chi connectivity index (χ0n) is 10.00. The molecule has 2 nitrogen and oxygen atoms in total. The highest BCUT2D eigenvalue weighted by Gasteiger charge is 2.16. The topological polar surface area (TPSA) is 22.1 Å². The number of halogens is 1. The molecule has 1 aromatic rings. The van der Waals surface area contributed by atoms with Crippen molar-refractivity contribution in [2.75, 3.05) is 12.4 Å². The first-order valence-electron chi connectivity index (χ1n) is 5.41. The molecule has 0 fully saturated rings. The summed E-state index contributed by atoms with van der Waals surface area (Å²) in [5.41, 5.74) is -1.31. The Labute approximate surface area is 101 Å². The van der Waals surface area contributed by atoms with Crippen molar-refractivity contribution >= 4 is 11.8 Å². The van der Waals surface area contributed by atoms with Crippen LogP contribution < -0.4 is 4.74 Å². The third-order valence-corrected chi connectivity index (χ3v) is 2.91. The van der Waals surface area contributed by atoms with E-state index in [-0.39, 0.29) is 6.61 Å². The van der Waals surface area contributed by atoms with Gasteiger partial charge in [0.1, 0.15) is 18.0 Å². The third-order valence-electron chi connectivity index (χ3n) is 1.74. The molecule has 0 aromatic carbocycles. The maximum atomic E-state index is 13.2. The Balaban J connectivity index is 2.53.